The molecule has 2 aromatic carbocycles. The molecule has 0 saturated carbocycles. The van der Waals surface area contributed by atoms with Gasteiger partial charge in [-0.2, -0.15) is 0 Å². The number of hydrogen-bond acceptors (Lipinski definition) is 5. The number of thiazole rings is 1. The van der Waals surface area contributed by atoms with Gasteiger partial charge in [0.2, 0.25) is 4.96 Å². The minimum Gasteiger partial charge on any atom is -0.260 e. The molecule has 5 aromatic rings. The number of fused-ring (bicyclic) bond motifs is 4. The Balaban J connectivity index is 1.55. The lowest BCUT2D eigenvalue weighted by molar-refractivity contribution is 0.940. The maximum atomic E-state index is 4.53. The lowest BCUT2D eigenvalue weighted by Gasteiger charge is -2.04. The molecular formula is C18H12N4S2. The number of rotatable bonds is 3. The predicted molar refractivity (Wildman–Crippen MR) is 99.7 cm³/mol. The van der Waals surface area contributed by atoms with Crippen molar-refractivity contribution in [3.05, 3.63) is 66.4 Å². The van der Waals surface area contributed by atoms with Crippen molar-refractivity contribution in [2.45, 2.75) is 10.9 Å². The zero-order valence-electron chi connectivity index (χ0n) is 12.6. The molecule has 0 aliphatic rings. The molecule has 24 heavy (non-hydrogen) atoms. The van der Waals surface area contributed by atoms with Crippen LogP contribution in [0.1, 0.15) is 5.56 Å². The molecule has 0 N–H and O–H groups in total. The van der Waals surface area contributed by atoms with Crippen molar-refractivity contribution in [3.8, 4) is 0 Å². The summed E-state index contributed by atoms with van der Waals surface area (Å²) in [6, 6.07) is 18.7. The van der Waals surface area contributed by atoms with E-state index < -0.39 is 0 Å². The van der Waals surface area contributed by atoms with Crippen LogP contribution in [0.25, 0.3) is 26.1 Å². The first-order valence-electron chi connectivity index (χ1n) is 7.58. The lowest BCUT2D eigenvalue weighted by atomic mass is 10.1. The number of aromatic nitrogens is 4. The monoisotopic (exact) mass is 348 g/mol. The third-order valence-corrected chi connectivity index (χ3v) is 5.97. The maximum absolute atomic E-state index is 4.53. The van der Waals surface area contributed by atoms with E-state index in [0.717, 1.165) is 21.4 Å². The van der Waals surface area contributed by atoms with Gasteiger partial charge in [-0.3, -0.25) is 9.38 Å². The van der Waals surface area contributed by atoms with Crippen molar-refractivity contribution in [1.29, 1.82) is 0 Å². The summed E-state index contributed by atoms with van der Waals surface area (Å²) in [6.07, 6.45) is 1.85. The maximum Gasteiger partial charge on any atom is 0.217 e. The van der Waals surface area contributed by atoms with Gasteiger partial charge in [-0.05, 0) is 23.8 Å². The van der Waals surface area contributed by atoms with E-state index >= 15 is 0 Å². The van der Waals surface area contributed by atoms with Crippen molar-refractivity contribution in [2.75, 3.05) is 0 Å². The molecule has 0 radical (unpaired) electrons. The molecule has 3 heterocycles. The van der Waals surface area contributed by atoms with Gasteiger partial charge in [0.15, 0.2) is 5.16 Å². The second-order valence-corrected chi connectivity index (χ2v) is 7.40. The van der Waals surface area contributed by atoms with Gasteiger partial charge in [0, 0.05) is 17.3 Å². The Kier molecular flexibility index (Phi) is 3.24. The van der Waals surface area contributed by atoms with Gasteiger partial charge in [-0.25, -0.2) is 0 Å². The fourth-order valence-electron chi connectivity index (χ4n) is 2.88. The van der Waals surface area contributed by atoms with Gasteiger partial charge in [0.25, 0.3) is 0 Å². The van der Waals surface area contributed by atoms with Crippen LogP contribution < -0.4 is 0 Å². The molecule has 0 amide bonds. The van der Waals surface area contributed by atoms with Crippen molar-refractivity contribution >= 4 is 49.2 Å². The molecular weight excluding hydrogens is 336 g/mol. The molecule has 4 nitrogen and oxygen atoms in total. The number of nitrogens with zero attached hydrogens (tertiary/aromatic N) is 4. The highest BCUT2D eigenvalue weighted by Crippen LogP contribution is 2.31. The molecule has 0 unspecified atom stereocenters. The third kappa shape index (κ3) is 2.18. The van der Waals surface area contributed by atoms with Crippen LogP contribution in [0, 0.1) is 0 Å². The Hall–Kier alpha value is -2.44. The second kappa shape index (κ2) is 5.58. The first-order chi connectivity index (χ1) is 11.9. The van der Waals surface area contributed by atoms with Crippen LogP contribution in [0.15, 0.2) is 66.0 Å². The molecule has 0 spiro atoms. The zero-order valence-corrected chi connectivity index (χ0v) is 14.2. The van der Waals surface area contributed by atoms with E-state index in [9.17, 15) is 0 Å². The first-order valence-corrected chi connectivity index (χ1v) is 9.38. The summed E-state index contributed by atoms with van der Waals surface area (Å²) in [7, 11) is 0. The van der Waals surface area contributed by atoms with E-state index in [1.165, 1.54) is 21.2 Å². The number of benzene rings is 2. The Labute approximate surface area is 146 Å². The van der Waals surface area contributed by atoms with Gasteiger partial charge < -0.3 is 0 Å². The summed E-state index contributed by atoms with van der Waals surface area (Å²) in [5.41, 5.74) is 3.44. The van der Waals surface area contributed by atoms with E-state index in [1.54, 1.807) is 23.1 Å². The van der Waals surface area contributed by atoms with Gasteiger partial charge >= 0.3 is 0 Å². The standard InChI is InChI=1S/C18H12N4S2/c1-2-9-15-14(8-1)22-17(20-21-18(22)24-15)23-11-13-6-3-5-12-7-4-10-19-16(12)13/h1-10H,11H2. The lowest BCUT2D eigenvalue weighted by Crippen LogP contribution is -1.89. The van der Waals surface area contributed by atoms with Crippen LogP contribution in [-0.2, 0) is 5.75 Å². The largest absolute Gasteiger partial charge is 0.260 e. The Bertz CT molecular complexity index is 1170. The van der Waals surface area contributed by atoms with Crippen LogP contribution in [0.2, 0.25) is 0 Å². The summed E-state index contributed by atoms with van der Waals surface area (Å²) in [6.45, 7) is 0. The smallest absolute Gasteiger partial charge is 0.217 e. The minimum atomic E-state index is 0.819. The summed E-state index contributed by atoms with van der Waals surface area (Å²) in [5.74, 6) is 0.819. The van der Waals surface area contributed by atoms with E-state index in [-0.39, 0.29) is 0 Å². The van der Waals surface area contributed by atoms with Crippen molar-refractivity contribution in [3.63, 3.8) is 0 Å². The highest BCUT2D eigenvalue weighted by molar-refractivity contribution is 7.98. The Morgan fingerprint density at radius 2 is 1.88 bits per heavy atom. The van der Waals surface area contributed by atoms with Crippen molar-refractivity contribution < 1.29 is 0 Å². The van der Waals surface area contributed by atoms with E-state index in [4.69, 9.17) is 0 Å². The summed E-state index contributed by atoms with van der Waals surface area (Å²) < 4.78 is 3.37. The molecule has 0 bridgehead atoms. The summed E-state index contributed by atoms with van der Waals surface area (Å²) in [5, 5.41) is 10.8. The number of para-hydroxylation sites is 2. The SMILES string of the molecule is c1cnc2c(CSc3nnc4sc5ccccc5n34)cccc2c1. The van der Waals surface area contributed by atoms with E-state index in [2.05, 4.69) is 68.1 Å². The molecule has 3 aromatic heterocycles. The molecule has 0 saturated heterocycles. The summed E-state index contributed by atoms with van der Waals surface area (Å²) >= 11 is 3.37. The Morgan fingerprint density at radius 3 is 2.88 bits per heavy atom. The molecule has 5 rings (SSSR count). The van der Waals surface area contributed by atoms with E-state index in [0.29, 0.717) is 0 Å². The second-order valence-electron chi connectivity index (χ2n) is 5.45. The van der Waals surface area contributed by atoms with Crippen molar-refractivity contribution in [1.82, 2.24) is 19.6 Å². The molecule has 0 aliphatic heterocycles. The summed E-state index contributed by atoms with van der Waals surface area (Å²) in [4.78, 5) is 5.47. The van der Waals surface area contributed by atoms with Crippen LogP contribution in [0.3, 0.4) is 0 Å². The zero-order chi connectivity index (χ0) is 15.9. The fraction of sp³-hybridized carbons (Fsp3) is 0.0556. The number of hydrogen-bond donors (Lipinski definition) is 0. The molecule has 116 valence electrons. The van der Waals surface area contributed by atoms with Crippen molar-refractivity contribution in [2.24, 2.45) is 0 Å². The van der Waals surface area contributed by atoms with Gasteiger partial charge in [0.1, 0.15) is 0 Å². The van der Waals surface area contributed by atoms with Gasteiger partial charge in [-0.15, -0.1) is 10.2 Å². The Morgan fingerprint density at radius 1 is 0.958 bits per heavy atom. The topological polar surface area (TPSA) is 43.1 Å². The number of pyridine rings is 1. The van der Waals surface area contributed by atoms with Crippen LogP contribution in [0.5, 0.6) is 0 Å². The van der Waals surface area contributed by atoms with Gasteiger partial charge in [0.05, 0.1) is 15.7 Å². The van der Waals surface area contributed by atoms with Gasteiger partial charge in [-0.1, -0.05) is 59.5 Å². The normalized spacial score (nSPS) is 11.7. The average Bonchev–Trinajstić information content (AvgIpc) is 3.19. The predicted octanol–water partition coefficient (Wildman–Crippen LogP) is 4.78. The van der Waals surface area contributed by atoms with Crippen LogP contribution in [0.4, 0.5) is 0 Å². The first kappa shape index (κ1) is 13.9. The molecule has 0 fully saturated rings. The molecule has 0 aliphatic carbocycles. The quantitative estimate of drug-likeness (QED) is 0.440. The highest BCUT2D eigenvalue weighted by Gasteiger charge is 2.13. The van der Waals surface area contributed by atoms with Crippen LogP contribution in [-0.4, -0.2) is 19.6 Å². The highest BCUT2D eigenvalue weighted by atomic mass is 32.2. The third-order valence-electron chi connectivity index (χ3n) is 3.98. The molecule has 6 heteroatoms. The molecule has 0 atom stereocenters. The minimum absolute atomic E-state index is 0.819. The van der Waals surface area contributed by atoms with E-state index in [1.807, 2.05) is 12.3 Å². The average molecular weight is 348 g/mol. The van der Waals surface area contributed by atoms with Crippen LogP contribution >= 0.6 is 23.1 Å². The fourth-order valence-corrected chi connectivity index (χ4v) is 4.83. The number of thioether (sulfide) groups is 1.